The number of pyridine rings is 1. The number of aromatic nitrogens is 1. The molecule has 0 bridgehead atoms. The Labute approximate surface area is 129 Å². The molecule has 0 spiro atoms. The summed E-state index contributed by atoms with van der Waals surface area (Å²) >= 11 is 0. The van der Waals surface area contributed by atoms with Gasteiger partial charge in [0.2, 0.25) is 5.91 Å². The summed E-state index contributed by atoms with van der Waals surface area (Å²) < 4.78 is 0. The number of anilines is 1. The molecule has 1 amide bonds. The molecule has 0 aliphatic carbocycles. The van der Waals surface area contributed by atoms with Gasteiger partial charge in [-0.25, -0.2) is 4.98 Å². The molecule has 1 saturated heterocycles. The van der Waals surface area contributed by atoms with E-state index in [1.807, 2.05) is 36.4 Å². The summed E-state index contributed by atoms with van der Waals surface area (Å²) in [5.74, 6) is 0.327. The molecule has 1 aliphatic heterocycles. The van der Waals surface area contributed by atoms with Gasteiger partial charge in [0.15, 0.2) is 6.19 Å². The van der Waals surface area contributed by atoms with Gasteiger partial charge in [0.05, 0.1) is 5.92 Å². The number of benzene rings is 1. The number of hydrogen-bond acceptors (Lipinski definition) is 4. The summed E-state index contributed by atoms with van der Waals surface area (Å²) in [6.07, 6.45) is 4.54. The van der Waals surface area contributed by atoms with Crippen molar-refractivity contribution in [3.8, 4) is 17.3 Å². The standard InChI is InChI=1S/C17H16N4O/c18-12-21-9-8-15(11-21)17(22)20-16-7-6-14(10-19-16)13-4-2-1-3-5-13/h1-7,10,15H,8-9,11H2,(H,19,20,22). The van der Waals surface area contributed by atoms with Crippen LogP contribution in [0.25, 0.3) is 11.1 Å². The van der Waals surface area contributed by atoms with Crippen LogP contribution in [0.2, 0.25) is 0 Å². The quantitative estimate of drug-likeness (QED) is 0.882. The van der Waals surface area contributed by atoms with Crippen molar-refractivity contribution in [2.75, 3.05) is 18.4 Å². The highest BCUT2D eigenvalue weighted by Gasteiger charge is 2.27. The Morgan fingerprint density at radius 2 is 2.05 bits per heavy atom. The van der Waals surface area contributed by atoms with Crippen LogP contribution in [0.15, 0.2) is 48.7 Å². The van der Waals surface area contributed by atoms with E-state index < -0.39 is 0 Å². The number of nitrogens with one attached hydrogen (secondary N) is 1. The van der Waals surface area contributed by atoms with Crippen molar-refractivity contribution in [1.29, 1.82) is 5.26 Å². The first kappa shape index (κ1) is 14.1. The summed E-state index contributed by atoms with van der Waals surface area (Å²) in [5, 5.41) is 11.6. The normalized spacial score (nSPS) is 17.0. The van der Waals surface area contributed by atoms with E-state index in [0.29, 0.717) is 25.3 Å². The molecule has 1 atom stereocenters. The molecule has 22 heavy (non-hydrogen) atoms. The van der Waals surface area contributed by atoms with Gasteiger partial charge in [0.1, 0.15) is 5.82 Å². The summed E-state index contributed by atoms with van der Waals surface area (Å²) in [7, 11) is 0. The molecule has 110 valence electrons. The molecular formula is C17H16N4O. The molecule has 1 N–H and O–H groups in total. The first-order valence-corrected chi connectivity index (χ1v) is 7.23. The van der Waals surface area contributed by atoms with Crippen molar-refractivity contribution in [2.45, 2.75) is 6.42 Å². The van der Waals surface area contributed by atoms with Crippen molar-refractivity contribution in [3.63, 3.8) is 0 Å². The van der Waals surface area contributed by atoms with E-state index >= 15 is 0 Å². The molecule has 1 aromatic heterocycles. The summed E-state index contributed by atoms with van der Waals surface area (Å²) in [6.45, 7) is 1.14. The predicted molar refractivity (Wildman–Crippen MR) is 83.6 cm³/mol. The molecule has 5 heteroatoms. The molecule has 2 heterocycles. The summed E-state index contributed by atoms with van der Waals surface area (Å²) in [4.78, 5) is 18.0. The Bertz CT molecular complexity index is 691. The minimum absolute atomic E-state index is 0.0716. The number of hydrogen-bond donors (Lipinski definition) is 1. The van der Waals surface area contributed by atoms with E-state index in [1.54, 1.807) is 17.2 Å². The Morgan fingerprint density at radius 1 is 1.23 bits per heavy atom. The van der Waals surface area contributed by atoms with Gasteiger partial charge in [-0.2, -0.15) is 5.26 Å². The monoisotopic (exact) mass is 292 g/mol. The highest BCUT2D eigenvalue weighted by molar-refractivity contribution is 5.92. The minimum Gasteiger partial charge on any atom is -0.310 e. The fourth-order valence-corrected chi connectivity index (χ4v) is 2.56. The van der Waals surface area contributed by atoms with Crippen LogP contribution >= 0.6 is 0 Å². The molecule has 1 unspecified atom stereocenters. The molecular weight excluding hydrogens is 276 g/mol. The van der Waals surface area contributed by atoms with E-state index in [0.717, 1.165) is 11.1 Å². The van der Waals surface area contributed by atoms with Crippen molar-refractivity contribution >= 4 is 11.7 Å². The van der Waals surface area contributed by atoms with E-state index in [4.69, 9.17) is 5.26 Å². The maximum Gasteiger partial charge on any atom is 0.230 e. The Kier molecular flexibility index (Phi) is 4.01. The number of carbonyl (C=O) groups is 1. The molecule has 0 saturated carbocycles. The second-order valence-corrected chi connectivity index (χ2v) is 5.32. The Morgan fingerprint density at radius 3 is 2.68 bits per heavy atom. The Balaban J connectivity index is 1.64. The van der Waals surface area contributed by atoms with Crippen molar-refractivity contribution < 1.29 is 4.79 Å². The van der Waals surface area contributed by atoms with Crippen molar-refractivity contribution in [1.82, 2.24) is 9.88 Å². The third-order valence-corrected chi connectivity index (χ3v) is 3.82. The lowest BCUT2D eigenvalue weighted by Gasteiger charge is -2.10. The van der Waals surface area contributed by atoms with Gasteiger partial charge in [-0.05, 0) is 24.1 Å². The van der Waals surface area contributed by atoms with Crippen LogP contribution in [-0.4, -0.2) is 28.9 Å². The lowest BCUT2D eigenvalue weighted by molar-refractivity contribution is -0.119. The van der Waals surface area contributed by atoms with Gasteiger partial charge in [0, 0.05) is 24.8 Å². The van der Waals surface area contributed by atoms with Crippen LogP contribution in [-0.2, 0) is 4.79 Å². The summed E-state index contributed by atoms with van der Waals surface area (Å²) in [5.41, 5.74) is 2.10. The van der Waals surface area contributed by atoms with E-state index in [2.05, 4.69) is 16.5 Å². The van der Waals surface area contributed by atoms with Gasteiger partial charge in [0.25, 0.3) is 0 Å². The van der Waals surface area contributed by atoms with Gasteiger partial charge in [-0.15, -0.1) is 0 Å². The van der Waals surface area contributed by atoms with Crippen LogP contribution in [0, 0.1) is 17.4 Å². The number of likely N-dealkylation sites (tertiary alicyclic amines) is 1. The minimum atomic E-state index is -0.143. The van der Waals surface area contributed by atoms with Gasteiger partial charge in [-0.3, -0.25) is 4.79 Å². The molecule has 0 radical (unpaired) electrons. The zero-order valence-electron chi connectivity index (χ0n) is 12.1. The number of nitrogens with zero attached hydrogens (tertiary/aromatic N) is 3. The fourth-order valence-electron chi connectivity index (χ4n) is 2.56. The third-order valence-electron chi connectivity index (χ3n) is 3.82. The molecule has 1 aromatic carbocycles. The fraction of sp³-hybridized carbons (Fsp3) is 0.235. The highest BCUT2D eigenvalue weighted by Crippen LogP contribution is 2.20. The van der Waals surface area contributed by atoms with Crippen LogP contribution in [0.1, 0.15) is 6.42 Å². The average Bonchev–Trinajstić information content (AvgIpc) is 3.06. The Hall–Kier alpha value is -2.87. The maximum atomic E-state index is 12.1. The van der Waals surface area contributed by atoms with Gasteiger partial charge >= 0.3 is 0 Å². The zero-order valence-corrected chi connectivity index (χ0v) is 12.1. The van der Waals surface area contributed by atoms with Gasteiger partial charge in [-0.1, -0.05) is 30.3 Å². The molecule has 1 aliphatic rings. The largest absolute Gasteiger partial charge is 0.310 e. The van der Waals surface area contributed by atoms with Crippen LogP contribution in [0.3, 0.4) is 0 Å². The highest BCUT2D eigenvalue weighted by atomic mass is 16.2. The first-order chi connectivity index (χ1) is 10.8. The van der Waals surface area contributed by atoms with Crippen LogP contribution < -0.4 is 5.32 Å². The second kappa shape index (κ2) is 6.27. The van der Waals surface area contributed by atoms with Crippen molar-refractivity contribution in [2.24, 2.45) is 5.92 Å². The molecule has 2 aromatic rings. The third kappa shape index (κ3) is 3.07. The summed E-state index contributed by atoms with van der Waals surface area (Å²) in [6, 6.07) is 13.7. The number of amides is 1. The second-order valence-electron chi connectivity index (χ2n) is 5.32. The SMILES string of the molecule is N#CN1CCC(C(=O)Nc2ccc(-c3ccccc3)cn2)C1. The van der Waals surface area contributed by atoms with Crippen molar-refractivity contribution in [3.05, 3.63) is 48.7 Å². The number of rotatable bonds is 3. The lowest BCUT2D eigenvalue weighted by Crippen LogP contribution is -2.25. The topological polar surface area (TPSA) is 69.0 Å². The molecule has 3 rings (SSSR count). The lowest BCUT2D eigenvalue weighted by atomic mass is 10.1. The smallest absolute Gasteiger partial charge is 0.230 e. The maximum absolute atomic E-state index is 12.1. The number of carbonyl (C=O) groups excluding carboxylic acids is 1. The van der Waals surface area contributed by atoms with E-state index in [1.165, 1.54) is 0 Å². The van der Waals surface area contributed by atoms with E-state index in [-0.39, 0.29) is 11.8 Å². The van der Waals surface area contributed by atoms with Gasteiger partial charge < -0.3 is 10.2 Å². The zero-order chi connectivity index (χ0) is 15.4. The molecule has 5 nitrogen and oxygen atoms in total. The van der Waals surface area contributed by atoms with E-state index in [9.17, 15) is 4.79 Å². The average molecular weight is 292 g/mol. The molecule has 1 fully saturated rings. The van der Waals surface area contributed by atoms with Crippen LogP contribution in [0.4, 0.5) is 5.82 Å². The van der Waals surface area contributed by atoms with Crippen LogP contribution in [0.5, 0.6) is 0 Å². The first-order valence-electron chi connectivity index (χ1n) is 7.23. The predicted octanol–water partition coefficient (Wildman–Crippen LogP) is 2.49. The number of nitriles is 1.